The minimum atomic E-state index is -0.194. The predicted octanol–water partition coefficient (Wildman–Crippen LogP) is 1.12. The van der Waals surface area contributed by atoms with E-state index in [1.165, 1.54) is 0 Å². The lowest BCUT2D eigenvalue weighted by Crippen LogP contribution is -2.46. The summed E-state index contributed by atoms with van der Waals surface area (Å²) in [6, 6.07) is 0.114. The Morgan fingerprint density at radius 1 is 1.46 bits per heavy atom. The first kappa shape index (κ1) is 16.6. The molecule has 0 aliphatic carbocycles. The second-order valence-electron chi connectivity index (χ2n) is 6.49. The van der Waals surface area contributed by atoms with Crippen LogP contribution in [0.1, 0.15) is 31.2 Å². The molecule has 1 aliphatic rings. The SMILES string of the molecule is Cc1nn(C)c(C)c1NC(=O)[C@@H](C)N1CCC[C@H]1Cn1cncn1. The molecule has 0 bridgehead atoms. The Hall–Kier alpha value is -2.22. The zero-order valence-corrected chi connectivity index (χ0v) is 14.7. The molecule has 0 aromatic carbocycles. The number of aryl methyl sites for hydroxylation is 2. The molecule has 1 N–H and O–H groups in total. The highest BCUT2D eigenvalue weighted by Crippen LogP contribution is 2.23. The van der Waals surface area contributed by atoms with Crippen molar-refractivity contribution in [3.63, 3.8) is 0 Å². The van der Waals surface area contributed by atoms with Gasteiger partial charge in [0.2, 0.25) is 5.91 Å². The lowest BCUT2D eigenvalue weighted by Gasteiger charge is -2.29. The Labute approximate surface area is 141 Å². The molecule has 24 heavy (non-hydrogen) atoms. The first-order valence-corrected chi connectivity index (χ1v) is 8.36. The van der Waals surface area contributed by atoms with Gasteiger partial charge in [0.05, 0.1) is 29.7 Å². The van der Waals surface area contributed by atoms with Crippen LogP contribution >= 0.6 is 0 Å². The van der Waals surface area contributed by atoms with Gasteiger partial charge in [0.15, 0.2) is 0 Å². The quantitative estimate of drug-likeness (QED) is 0.888. The molecule has 2 atom stereocenters. The molecule has 1 amide bonds. The van der Waals surface area contributed by atoms with Crippen LogP contribution in [-0.2, 0) is 18.4 Å². The third-order valence-electron chi connectivity index (χ3n) is 4.92. The van der Waals surface area contributed by atoms with E-state index < -0.39 is 0 Å². The number of carbonyl (C=O) groups is 1. The van der Waals surface area contributed by atoms with Crippen LogP contribution in [0.25, 0.3) is 0 Å². The number of carbonyl (C=O) groups excluding carboxylic acids is 1. The maximum absolute atomic E-state index is 12.7. The highest BCUT2D eigenvalue weighted by atomic mass is 16.2. The summed E-state index contributed by atoms with van der Waals surface area (Å²) in [6.45, 7) is 7.54. The van der Waals surface area contributed by atoms with Gasteiger partial charge in [-0.2, -0.15) is 10.2 Å². The van der Waals surface area contributed by atoms with Crippen molar-refractivity contribution in [2.75, 3.05) is 11.9 Å². The van der Waals surface area contributed by atoms with E-state index >= 15 is 0 Å². The number of hydrogen-bond donors (Lipinski definition) is 1. The molecule has 3 rings (SSSR count). The van der Waals surface area contributed by atoms with Crippen molar-refractivity contribution in [1.82, 2.24) is 29.4 Å². The van der Waals surface area contributed by atoms with Crippen LogP contribution in [-0.4, -0.2) is 54.0 Å². The fraction of sp³-hybridized carbons (Fsp3) is 0.625. The fourth-order valence-electron chi connectivity index (χ4n) is 3.44. The Balaban J connectivity index is 1.68. The molecule has 2 aromatic heterocycles. The Bertz CT molecular complexity index is 706. The van der Waals surface area contributed by atoms with Crippen molar-refractivity contribution in [2.24, 2.45) is 7.05 Å². The molecule has 8 nitrogen and oxygen atoms in total. The van der Waals surface area contributed by atoms with Gasteiger partial charge in [-0.25, -0.2) is 4.98 Å². The van der Waals surface area contributed by atoms with Crippen molar-refractivity contribution >= 4 is 11.6 Å². The van der Waals surface area contributed by atoms with Crippen molar-refractivity contribution in [3.05, 3.63) is 24.0 Å². The van der Waals surface area contributed by atoms with Crippen molar-refractivity contribution in [1.29, 1.82) is 0 Å². The van der Waals surface area contributed by atoms with Gasteiger partial charge in [0, 0.05) is 13.1 Å². The van der Waals surface area contributed by atoms with Crippen molar-refractivity contribution in [2.45, 2.75) is 52.2 Å². The van der Waals surface area contributed by atoms with Crippen LogP contribution in [0.3, 0.4) is 0 Å². The molecule has 130 valence electrons. The smallest absolute Gasteiger partial charge is 0.241 e. The standard InChI is InChI=1S/C16H25N7O/c1-11-15(12(2)21(4)20-11)19-16(24)13(3)23-7-5-6-14(23)8-22-10-17-9-18-22/h9-10,13-14H,5-8H2,1-4H3,(H,19,24)/t13-,14+/m1/s1. The van der Waals surface area contributed by atoms with E-state index in [0.717, 1.165) is 43.0 Å². The Kier molecular flexibility index (Phi) is 4.66. The van der Waals surface area contributed by atoms with E-state index in [1.54, 1.807) is 17.3 Å². The van der Waals surface area contributed by atoms with Gasteiger partial charge >= 0.3 is 0 Å². The summed E-state index contributed by atoms with van der Waals surface area (Å²) in [5.41, 5.74) is 2.63. The molecule has 1 aliphatic heterocycles. The number of likely N-dealkylation sites (tertiary alicyclic amines) is 1. The average Bonchev–Trinajstić information content (AvgIpc) is 3.26. The highest BCUT2D eigenvalue weighted by molar-refractivity contribution is 5.95. The average molecular weight is 331 g/mol. The second-order valence-corrected chi connectivity index (χ2v) is 6.49. The van der Waals surface area contributed by atoms with E-state index in [4.69, 9.17) is 0 Å². The monoisotopic (exact) mass is 331 g/mol. The van der Waals surface area contributed by atoms with Gasteiger partial charge in [-0.1, -0.05) is 0 Å². The minimum absolute atomic E-state index is 0.0136. The summed E-state index contributed by atoms with van der Waals surface area (Å²) in [7, 11) is 1.88. The van der Waals surface area contributed by atoms with Gasteiger partial charge in [-0.3, -0.25) is 19.1 Å². The van der Waals surface area contributed by atoms with Gasteiger partial charge in [0.25, 0.3) is 0 Å². The number of anilines is 1. The molecule has 1 saturated heterocycles. The number of rotatable bonds is 5. The molecule has 8 heteroatoms. The van der Waals surface area contributed by atoms with Crippen LogP contribution in [0.5, 0.6) is 0 Å². The van der Waals surface area contributed by atoms with Crippen molar-refractivity contribution in [3.8, 4) is 0 Å². The van der Waals surface area contributed by atoms with Crippen LogP contribution in [0, 0.1) is 13.8 Å². The third kappa shape index (κ3) is 3.19. The van der Waals surface area contributed by atoms with Crippen LogP contribution in [0.15, 0.2) is 12.7 Å². The molecular formula is C16H25N7O. The molecule has 0 unspecified atom stereocenters. The van der Waals surface area contributed by atoms with Gasteiger partial charge in [-0.05, 0) is 40.2 Å². The zero-order chi connectivity index (χ0) is 17.3. The van der Waals surface area contributed by atoms with Crippen molar-refractivity contribution < 1.29 is 4.79 Å². The number of nitrogens with zero attached hydrogens (tertiary/aromatic N) is 6. The third-order valence-corrected chi connectivity index (χ3v) is 4.92. The first-order valence-electron chi connectivity index (χ1n) is 8.36. The molecular weight excluding hydrogens is 306 g/mol. The van der Waals surface area contributed by atoms with E-state index in [2.05, 4.69) is 25.4 Å². The van der Waals surface area contributed by atoms with Crippen LogP contribution < -0.4 is 5.32 Å². The molecule has 0 spiro atoms. The summed E-state index contributed by atoms with van der Waals surface area (Å²) in [5, 5.41) is 11.6. The molecule has 0 radical (unpaired) electrons. The topological polar surface area (TPSA) is 80.9 Å². The lowest BCUT2D eigenvalue weighted by molar-refractivity contribution is -0.121. The summed E-state index contributed by atoms with van der Waals surface area (Å²) >= 11 is 0. The number of nitrogens with one attached hydrogen (secondary N) is 1. The Morgan fingerprint density at radius 3 is 2.88 bits per heavy atom. The molecule has 2 aromatic rings. The van der Waals surface area contributed by atoms with E-state index in [1.807, 2.05) is 32.5 Å². The van der Waals surface area contributed by atoms with Gasteiger partial charge < -0.3 is 5.32 Å². The molecule has 3 heterocycles. The summed E-state index contributed by atoms with van der Waals surface area (Å²) in [4.78, 5) is 19.0. The maximum Gasteiger partial charge on any atom is 0.241 e. The predicted molar refractivity (Wildman–Crippen MR) is 90.5 cm³/mol. The van der Waals surface area contributed by atoms with E-state index in [0.29, 0.717) is 6.04 Å². The van der Waals surface area contributed by atoms with Crippen LogP contribution in [0.4, 0.5) is 5.69 Å². The second kappa shape index (κ2) is 6.72. The highest BCUT2D eigenvalue weighted by Gasteiger charge is 2.32. The summed E-state index contributed by atoms with van der Waals surface area (Å²) in [5.74, 6) is 0.0136. The maximum atomic E-state index is 12.7. The van der Waals surface area contributed by atoms with E-state index in [-0.39, 0.29) is 11.9 Å². The first-order chi connectivity index (χ1) is 11.5. The largest absolute Gasteiger partial charge is 0.322 e. The number of hydrogen-bond acceptors (Lipinski definition) is 5. The summed E-state index contributed by atoms with van der Waals surface area (Å²) < 4.78 is 3.63. The number of amides is 1. The number of aromatic nitrogens is 5. The fourth-order valence-corrected chi connectivity index (χ4v) is 3.44. The summed E-state index contributed by atoms with van der Waals surface area (Å²) in [6.07, 6.45) is 5.44. The zero-order valence-electron chi connectivity index (χ0n) is 14.7. The molecule has 0 saturated carbocycles. The van der Waals surface area contributed by atoms with Gasteiger partial charge in [-0.15, -0.1) is 0 Å². The van der Waals surface area contributed by atoms with E-state index in [9.17, 15) is 4.79 Å². The Morgan fingerprint density at radius 2 is 2.25 bits per heavy atom. The lowest BCUT2D eigenvalue weighted by atomic mass is 10.2. The van der Waals surface area contributed by atoms with Gasteiger partial charge in [0.1, 0.15) is 12.7 Å². The minimum Gasteiger partial charge on any atom is -0.322 e. The normalized spacial score (nSPS) is 19.6. The van der Waals surface area contributed by atoms with Crippen LogP contribution in [0.2, 0.25) is 0 Å². The molecule has 1 fully saturated rings.